The van der Waals surface area contributed by atoms with Gasteiger partial charge in [-0.25, -0.2) is 4.68 Å². The lowest BCUT2D eigenvalue weighted by Gasteiger charge is -2.09. The molecule has 0 radical (unpaired) electrons. The van der Waals surface area contributed by atoms with Gasteiger partial charge in [0.2, 0.25) is 0 Å². The molecule has 0 saturated carbocycles. The number of hydrogen-bond donors (Lipinski definition) is 0. The summed E-state index contributed by atoms with van der Waals surface area (Å²) in [4.78, 5) is 14.6. The lowest BCUT2D eigenvalue weighted by atomic mass is 10.1. The zero-order chi connectivity index (χ0) is 22.7. The predicted molar refractivity (Wildman–Crippen MR) is 135 cm³/mol. The van der Waals surface area contributed by atoms with Crippen LogP contribution in [0.25, 0.3) is 23.0 Å². The summed E-state index contributed by atoms with van der Waals surface area (Å²) in [5, 5.41) is 5.33. The molecule has 1 aliphatic heterocycles. The number of carbonyl (C=O) groups excluding carboxylic acids is 1. The maximum absolute atomic E-state index is 12.6. The van der Waals surface area contributed by atoms with Crippen molar-refractivity contribution in [2.45, 2.75) is 19.8 Å². The molecule has 2 aromatic carbocycles. The standard InChI is InChI=1S/C24H22ClN3O2S2/c1-3-4-12-30-20-11-10-16(13-19(20)25)22-17(14-21-23(29)27(2)24(31)32-21)15-28(26-22)18-8-6-5-7-9-18/h5-11,13-15H,3-4,12H2,1-2H3. The van der Waals surface area contributed by atoms with Crippen LogP contribution in [0.4, 0.5) is 0 Å². The van der Waals surface area contributed by atoms with E-state index < -0.39 is 0 Å². The van der Waals surface area contributed by atoms with Gasteiger partial charge in [0.15, 0.2) is 0 Å². The summed E-state index contributed by atoms with van der Waals surface area (Å²) >= 11 is 13.1. The fraction of sp³-hybridized carbons (Fsp3) is 0.208. The smallest absolute Gasteiger partial charge is 0.265 e. The largest absolute Gasteiger partial charge is 0.492 e. The number of amides is 1. The second kappa shape index (κ2) is 9.90. The van der Waals surface area contributed by atoms with E-state index in [1.165, 1.54) is 16.7 Å². The first-order chi connectivity index (χ1) is 15.5. The Hall–Kier alpha value is -2.61. The summed E-state index contributed by atoms with van der Waals surface area (Å²) in [6, 6.07) is 15.5. The maximum Gasteiger partial charge on any atom is 0.265 e. The molecule has 0 aliphatic carbocycles. The monoisotopic (exact) mass is 483 g/mol. The highest BCUT2D eigenvalue weighted by atomic mass is 35.5. The molecule has 1 aliphatic rings. The van der Waals surface area contributed by atoms with Crippen LogP contribution in [0.15, 0.2) is 59.6 Å². The number of halogens is 1. The Bertz CT molecular complexity index is 1190. The molecule has 5 nitrogen and oxygen atoms in total. The molecule has 32 heavy (non-hydrogen) atoms. The van der Waals surface area contributed by atoms with Crippen LogP contribution in [0.5, 0.6) is 5.75 Å². The number of thiocarbonyl (C=S) groups is 1. The van der Waals surface area contributed by atoms with Crippen molar-refractivity contribution >= 4 is 51.9 Å². The molecular formula is C24H22ClN3O2S2. The normalized spacial score (nSPS) is 15.1. The van der Waals surface area contributed by atoms with Crippen LogP contribution in [-0.4, -0.2) is 38.6 Å². The molecule has 0 N–H and O–H groups in total. The molecule has 164 valence electrons. The van der Waals surface area contributed by atoms with Gasteiger partial charge in [0.25, 0.3) is 5.91 Å². The van der Waals surface area contributed by atoms with Crippen molar-refractivity contribution in [3.63, 3.8) is 0 Å². The first-order valence-electron chi connectivity index (χ1n) is 10.3. The molecule has 0 atom stereocenters. The summed E-state index contributed by atoms with van der Waals surface area (Å²) < 4.78 is 8.12. The molecule has 2 heterocycles. The average Bonchev–Trinajstić information content (AvgIpc) is 3.32. The number of thioether (sulfide) groups is 1. The highest BCUT2D eigenvalue weighted by Crippen LogP contribution is 2.36. The van der Waals surface area contributed by atoms with Gasteiger partial charge in [0.05, 0.1) is 22.2 Å². The summed E-state index contributed by atoms with van der Waals surface area (Å²) in [6.45, 7) is 2.74. The molecule has 1 aromatic heterocycles. The quantitative estimate of drug-likeness (QED) is 0.227. The minimum absolute atomic E-state index is 0.115. The van der Waals surface area contributed by atoms with Crippen molar-refractivity contribution in [2.24, 2.45) is 0 Å². The molecule has 0 unspecified atom stereocenters. The predicted octanol–water partition coefficient (Wildman–Crippen LogP) is 6.20. The van der Waals surface area contributed by atoms with Gasteiger partial charge >= 0.3 is 0 Å². The Morgan fingerprint density at radius 3 is 2.66 bits per heavy atom. The van der Waals surface area contributed by atoms with E-state index >= 15 is 0 Å². The van der Waals surface area contributed by atoms with Crippen molar-refractivity contribution in [1.82, 2.24) is 14.7 Å². The van der Waals surface area contributed by atoms with Crippen molar-refractivity contribution in [1.29, 1.82) is 0 Å². The van der Waals surface area contributed by atoms with Crippen molar-refractivity contribution in [2.75, 3.05) is 13.7 Å². The second-order valence-corrected chi connectivity index (χ2v) is 9.38. The summed E-state index contributed by atoms with van der Waals surface area (Å²) in [5.74, 6) is 0.538. The molecule has 0 bridgehead atoms. The number of hydrogen-bond acceptors (Lipinski definition) is 5. The maximum atomic E-state index is 12.6. The minimum atomic E-state index is -0.115. The van der Waals surface area contributed by atoms with Gasteiger partial charge in [-0.1, -0.05) is 67.1 Å². The first-order valence-corrected chi connectivity index (χ1v) is 11.9. The number of rotatable bonds is 7. The zero-order valence-corrected chi connectivity index (χ0v) is 20.1. The molecular weight excluding hydrogens is 462 g/mol. The van der Waals surface area contributed by atoms with Gasteiger partial charge in [0.1, 0.15) is 15.8 Å². The van der Waals surface area contributed by atoms with E-state index in [-0.39, 0.29) is 5.91 Å². The Morgan fingerprint density at radius 2 is 2.00 bits per heavy atom. The topological polar surface area (TPSA) is 47.4 Å². The third kappa shape index (κ3) is 4.75. The summed E-state index contributed by atoms with van der Waals surface area (Å²) in [7, 11) is 1.68. The van der Waals surface area contributed by atoms with Gasteiger partial charge < -0.3 is 4.74 Å². The van der Waals surface area contributed by atoms with Crippen LogP contribution in [0.1, 0.15) is 25.3 Å². The number of ether oxygens (including phenoxy) is 1. The van der Waals surface area contributed by atoms with Crippen molar-refractivity contribution in [3.05, 3.63) is 70.2 Å². The minimum Gasteiger partial charge on any atom is -0.492 e. The fourth-order valence-corrected chi connectivity index (χ4v) is 4.61. The van der Waals surface area contributed by atoms with Crippen molar-refractivity contribution in [3.8, 4) is 22.7 Å². The number of unbranched alkanes of at least 4 members (excludes halogenated alkanes) is 1. The number of nitrogens with zero attached hydrogens (tertiary/aromatic N) is 3. The van der Waals surface area contributed by atoms with Crippen LogP contribution >= 0.6 is 35.6 Å². The summed E-state index contributed by atoms with van der Waals surface area (Å²) in [6.07, 6.45) is 5.77. The fourth-order valence-electron chi connectivity index (χ4n) is 3.21. The second-order valence-electron chi connectivity index (χ2n) is 7.30. The van der Waals surface area contributed by atoms with Gasteiger partial charge in [-0.15, -0.1) is 0 Å². The van der Waals surface area contributed by atoms with E-state index in [1.807, 2.05) is 60.8 Å². The van der Waals surface area contributed by atoms with E-state index in [1.54, 1.807) is 11.7 Å². The highest BCUT2D eigenvalue weighted by Gasteiger charge is 2.29. The number of likely N-dealkylation sites (N-methyl/N-ethyl adjacent to an activating group) is 1. The number of aromatic nitrogens is 2. The van der Waals surface area contributed by atoms with E-state index in [2.05, 4.69) is 6.92 Å². The summed E-state index contributed by atoms with van der Waals surface area (Å²) in [5.41, 5.74) is 3.28. The first kappa shape index (κ1) is 22.6. The molecule has 3 aromatic rings. The molecule has 0 spiro atoms. The number of carbonyl (C=O) groups is 1. The Morgan fingerprint density at radius 1 is 1.22 bits per heavy atom. The molecule has 1 amide bonds. The average molecular weight is 484 g/mol. The molecule has 1 saturated heterocycles. The molecule has 1 fully saturated rings. The van der Waals surface area contributed by atoms with Gasteiger partial charge in [-0.2, -0.15) is 5.10 Å². The lowest BCUT2D eigenvalue weighted by molar-refractivity contribution is -0.121. The van der Waals surface area contributed by atoms with Crippen LogP contribution in [0, 0.1) is 0 Å². The van der Waals surface area contributed by atoms with E-state index in [0.717, 1.165) is 35.3 Å². The number of para-hydroxylation sites is 1. The van der Waals surface area contributed by atoms with Crippen LogP contribution in [-0.2, 0) is 4.79 Å². The third-order valence-corrected chi connectivity index (χ3v) is 6.78. The van der Waals surface area contributed by atoms with Gasteiger partial charge in [-0.05, 0) is 42.8 Å². The Labute approximate surface area is 202 Å². The van der Waals surface area contributed by atoms with E-state index in [0.29, 0.717) is 26.6 Å². The Balaban J connectivity index is 1.75. The number of benzene rings is 2. The van der Waals surface area contributed by atoms with Crippen LogP contribution in [0.3, 0.4) is 0 Å². The van der Waals surface area contributed by atoms with Crippen LogP contribution in [0.2, 0.25) is 5.02 Å². The van der Waals surface area contributed by atoms with Gasteiger partial charge in [-0.3, -0.25) is 9.69 Å². The highest BCUT2D eigenvalue weighted by molar-refractivity contribution is 8.26. The third-order valence-electron chi connectivity index (χ3n) is 5.00. The van der Waals surface area contributed by atoms with E-state index in [9.17, 15) is 4.79 Å². The lowest BCUT2D eigenvalue weighted by Crippen LogP contribution is -2.22. The molecule has 4 rings (SSSR count). The van der Waals surface area contributed by atoms with Crippen molar-refractivity contribution < 1.29 is 9.53 Å². The molecule has 8 heteroatoms. The Kier molecular flexibility index (Phi) is 6.98. The van der Waals surface area contributed by atoms with Crippen LogP contribution < -0.4 is 4.74 Å². The van der Waals surface area contributed by atoms with E-state index in [4.69, 9.17) is 33.7 Å². The SMILES string of the molecule is CCCCOc1ccc(-c2nn(-c3ccccc3)cc2C=C2SC(=S)N(C)C2=O)cc1Cl. The van der Waals surface area contributed by atoms with Gasteiger partial charge in [0, 0.05) is 24.4 Å². The zero-order valence-electron chi connectivity index (χ0n) is 17.7.